The first-order valence-corrected chi connectivity index (χ1v) is 4.88. The van der Waals surface area contributed by atoms with Crippen molar-refractivity contribution < 1.29 is 9.53 Å². The number of carbonyl (C=O) groups is 1. The lowest BCUT2D eigenvalue weighted by Gasteiger charge is -2.23. The lowest BCUT2D eigenvalue weighted by Crippen LogP contribution is -2.16. The molecule has 0 amide bonds. The van der Waals surface area contributed by atoms with Crippen molar-refractivity contribution >= 4 is 5.97 Å². The van der Waals surface area contributed by atoms with Crippen LogP contribution in [0.5, 0.6) is 0 Å². The number of ether oxygens (including phenoxy) is 1. The summed E-state index contributed by atoms with van der Waals surface area (Å²) in [6.07, 6.45) is 4.62. The van der Waals surface area contributed by atoms with Crippen LogP contribution in [0.4, 0.5) is 0 Å². The van der Waals surface area contributed by atoms with Gasteiger partial charge in [-0.3, -0.25) is 9.78 Å². The summed E-state index contributed by atoms with van der Waals surface area (Å²) < 4.78 is 5.22. The zero-order chi connectivity index (χ0) is 9.97. The molecule has 0 aromatic carbocycles. The number of hydrogen-bond acceptors (Lipinski definition) is 3. The average Bonchev–Trinajstić information content (AvgIpc) is 2.18. The van der Waals surface area contributed by atoms with E-state index in [1.807, 2.05) is 6.07 Å². The van der Waals surface area contributed by atoms with E-state index in [2.05, 4.69) is 11.1 Å². The molecule has 1 aromatic heterocycles. The van der Waals surface area contributed by atoms with E-state index in [1.165, 1.54) is 12.5 Å². The Morgan fingerprint density at radius 1 is 1.64 bits per heavy atom. The number of hydrogen-bond donors (Lipinski definition) is 0. The number of carbonyl (C=O) groups excluding carboxylic acids is 1. The van der Waals surface area contributed by atoms with Gasteiger partial charge in [0.1, 0.15) is 6.10 Å². The van der Waals surface area contributed by atoms with Crippen molar-refractivity contribution in [2.75, 3.05) is 0 Å². The molecule has 3 heteroatoms. The minimum Gasteiger partial charge on any atom is -0.456 e. The smallest absolute Gasteiger partial charge is 0.303 e. The molecular weight excluding hydrogens is 178 g/mol. The number of pyridine rings is 1. The van der Waals surface area contributed by atoms with E-state index in [4.69, 9.17) is 4.74 Å². The summed E-state index contributed by atoms with van der Waals surface area (Å²) in [5.74, 6) is -0.228. The molecule has 0 fully saturated rings. The van der Waals surface area contributed by atoms with E-state index in [0.717, 1.165) is 25.0 Å². The average molecular weight is 191 g/mol. The van der Waals surface area contributed by atoms with Gasteiger partial charge in [-0.1, -0.05) is 6.07 Å². The maximum Gasteiger partial charge on any atom is 0.303 e. The quantitative estimate of drug-likeness (QED) is 0.637. The van der Waals surface area contributed by atoms with Gasteiger partial charge in [0.15, 0.2) is 0 Å². The first kappa shape index (κ1) is 9.19. The topological polar surface area (TPSA) is 39.2 Å². The number of esters is 1. The number of fused-ring (bicyclic) bond motifs is 1. The summed E-state index contributed by atoms with van der Waals surface area (Å²) in [7, 11) is 0. The SMILES string of the molecule is CC(=O)O[C@H]1CCCc2cccnc21. The zero-order valence-electron chi connectivity index (χ0n) is 8.19. The van der Waals surface area contributed by atoms with Crippen molar-refractivity contribution in [3.05, 3.63) is 29.6 Å². The van der Waals surface area contributed by atoms with Crippen LogP contribution in [0.3, 0.4) is 0 Å². The molecule has 0 N–H and O–H groups in total. The second-order valence-electron chi connectivity index (χ2n) is 3.54. The fourth-order valence-electron chi connectivity index (χ4n) is 1.88. The molecule has 1 aliphatic carbocycles. The summed E-state index contributed by atoms with van der Waals surface area (Å²) in [5.41, 5.74) is 2.15. The van der Waals surface area contributed by atoms with E-state index in [0.29, 0.717) is 0 Å². The molecule has 0 spiro atoms. The van der Waals surface area contributed by atoms with Crippen LogP contribution in [-0.4, -0.2) is 11.0 Å². The Morgan fingerprint density at radius 3 is 3.29 bits per heavy atom. The number of aryl methyl sites for hydroxylation is 1. The molecule has 0 saturated carbocycles. The van der Waals surface area contributed by atoms with Gasteiger partial charge in [-0.2, -0.15) is 0 Å². The van der Waals surface area contributed by atoms with Crippen molar-refractivity contribution in [1.82, 2.24) is 4.98 Å². The highest BCUT2D eigenvalue weighted by molar-refractivity contribution is 5.66. The third-order valence-corrected chi connectivity index (χ3v) is 2.45. The van der Waals surface area contributed by atoms with Gasteiger partial charge in [0.05, 0.1) is 5.69 Å². The molecule has 1 aliphatic rings. The molecule has 1 aromatic rings. The maximum atomic E-state index is 10.9. The number of nitrogens with zero attached hydrogens (tertiary/aromatic N) is 1. The molecule has 0 saturated heterocycles. The Morgan fingerprint density at radius 2 is 2.50 bits per heavy atom. The molecule has 0 bridgehead atoms. The fraction of sp³-hybridized carbons (Fsp3) is 0.455. The van der Waals surface area contributed by atoms with Crippen molar-refractivity contribution in [2.24, 2.45) is 0 Å². The predicted molar refractivity (Wildman–Crippen MR) is 51.7 cm³/mol. The van der Waals surface area contributed by atoms with E-state index >= 15 is 0 Å². The van der Waals surface area contributed by atoms with E-state index in [-0.39, 0.29) is 12.1 Å². The molecule has 0 radical (unpaired) electrons. The van der Waals surface area contributed by atoms with E-state index in [9.17, 15) is 4.79 Å². The lowest BCUT2D eigenvalue weighted by molar-refractivity contribution is -0.147. The Kier molecular flexibility index (Phi) is 2.48. The Labute approximate surface area is 83.1 Å². The fourth-order valence-corrected chi connectivity index (χ4v) is 1.88. The maximum absolute atomic E-state index is 10.9. The molecule has 2 rings (SSSR count). The monoisotopic (exact) mass is 191 g/mol. The van der Waals surface area contributed by atoms with Crippen molar-refractivity contribution in [3.63, 3.8) is 0 Å². The second-order valence-corrected chi connectivity index (χ2v) is 3.54. The van der Waals surface area contributed by atoms with Gasteiger partial charge in [-0.25, -0.2) is 0 Å². The summed E-state index contributed by atoms with van der Waals surface area (Å²) >= 11 is 0. The van der Waals surface area contributed by atoms with Gasteiger partial charge in [-0.15, -0.1) is 0 Å². The van der Waals surface area contributed by atoms with Gasteiger partial charge in [0.2, 0.25) is 0 Å². The Balaban J connectivity index is 2.26. The van der Waals surface area contributed by atoms with Crippen LogP contribution in [0.25, 0.3) is 0 Å². The third kappa shape index (κ3) is 1.76. The van der Waals surface area contributed by atoms with Crippen LogP contribution in [0.1, 0.15) is 37.1 Å². The summed E-state index contributed by atoms with van der Waals surface area (Å²) in [5, 5.41) is 0. The zero-order valence-corrected chi connectivity index (χ0v) is 8.19. The standard InChI is InChI=1S/C11H13NO2/c1-8(13)14-10-6-2-4-9-5-3-7-12-11(9)10/h3,5,7,10H,2,4,6H2,1H3/t10-/m0/s1. The van der Waals surface area contributed by atoms with Crippen LogP contribution >= 0.6 is 0 Å². The summed E-state index contributed by atoms with van der Waals surface area (Å²) in [6, 6.07) is 3.98. The minimum absolute atomic E-state index is 0.127. The number of aromatic nitrogens is 1. The van der Waals surface area contributed by atoms with Gasteiger partial charge in [0.25, 0.3) is 0 Å². The highest BCUT2D eigenvalue weighted by Crippen LogP contribution is 2.30. The van der Waals surface area contributed by atoms with E-state index < -0.39 is 0 Å². The first-order chi connectivity index (χ1) is 6.77. The van der Waals surface area contributed by atoms with Crippen LogP contribution in [0.15, 0.2) is 18.3 Å². The van der Waals surface area contributed by atoms with Gasteiger partial charge >= 0.3 is 5.97 Å². The Hall–Kier alpha value is -1.38. The summed E-state index contributed by atoms with van der Waals surface area (Å²) in [6.45, 7) is 1.44. The molecule has 1 atom stereocenters. The van der Waals surface area contributed by atoms with Crippen LogP contribution in [0, 0.1) is 0 Å². The number of rotatable bonds is 1. The van der Waals surface area contributed by atoms with Crippen molar-refractivity contribution in [2.45, 2.75) is 32.3 Å². The predicted octanol–water partition coefficient (Wildman–Crippen LogP) is 2.02. The molecule has 0 unspecified atom stereocenters. The molecular formula is C11H13NO2. The van der Waals surface area contributed by atoms with Gasteiger partial charge in [-0.05, 0) is 30.9 Å². The van der Waals surface area contributed by atoms with Crippen LogP contribution < -0.4 is 0 Å². The second kappa shape index (κ2) is 3.78. The largest absolute Gasteiger partial charge is 0.456 e. The minimum atomic E-state index is -0.228. The van der Waals surface area contributed by atoms with Crippen LogP contribution in [0.2, 0.25) is 0 Å². The van der Waals surface area contributed by atoms with Gasteiger partial charge < -0.3 is 4.74 Å². The molecule has 14 heavy (non-hydrogen) atoms. The Bertz CT molecular complexity index is 349. The highest BCUT2D eigenvalue weighted by Gasteiger charge is 2.23. The van der Waals surface area contributed by atoms with Crippen molar-refractivity contribution in [1.29, 1.82) is 0 Å². The summed E-state index contributed by atoms with van der Waals surface area (Å²) in [4.78, 5) is 15.1. The molecule has 1 heterocycles. The molecule has 3 nitrogen and oxygen atoms in total. The van der Waals surface area contributed by atoms with Crippen molar-refractivity contribution in [3.8, 4) is 0 Å². The molecule has 74 valence electrons. The van der Waals surface area contributed by atoms with Crippen LogP contribution in [-0.2, 0) is 16.0 Å². The molecule has 0 aliphatic heterocycles. The first-order valence-electron chi connectivity index (χ1n) is 4.88. The highest BCUT2D eigenvalue weighted by atomic mass is 16.5. The van der Waals surface area contributed by atoms with Gasteiger partial charge in [0, 0.05) is 13.1 Å². The lowest BCUT2D eigenvalue weighted by atomic mass is 9.94. The van der Waals surface area contributed by atoms with E-state index in [1.54, 1.807) is 6.20 Å². The third-order valence-electron chi connectivity index (χ3n) is 2.45. The normalized spacial score (nSPS) is 19.9.